The summed E-state index contributed by atoms with van der Waals surface area (Å²) in [4.78, 5) is 0. The first kappa shape index (κ1) is 14.9. The van der Waals surface area contributed by atoms with E-state index in [0.29, 0.717) is 0 Å². The molecule has 0 radical (unpaired) electrons. The van der Waals surface area contributed by atoms with Gasteiger partial charge in [-0.1, -0.05) is 71.4 Å². The molecule has 0 fully saturated rings. The van der Waals surface area contributed by atoms with E-state index in [1.165, 1.54) is 16.7 Å². The van der Waals surface area contributed by atoms with Gasteiger partial charge in [0, 0.05) is 18.4 Å². The first-order valence-corrected chi connectivity index (χ1v) is 8.27. The summed E-state index contributed by atoms with van der Waals surface area (Å²) >= 11 is 1.71. The van der Waals surface area contributed by atoms with Gasteiger partial charge in [0.05, 0.1) is 0 Å². The van der Waals surface area contributed by atoms with Crippen LogP contribution in [0.15, 0.2) is 53.7 Å². The van der Waals surface area contributed by atoms with Gasteiger partial charge in [0.25, 0.3) is 0 Å². The lowest BCUT2D eigenvalue weighted by molar-refractivity contribution is 0.794. The number of aryl methyl sites for hydroxylation is 2. The summed E-state index contributed by atoms with van der Waals surface area (Å²) in [6.45, 7) is 4.19. The first-order chi connectivity index (χ1) is 10.6. The molecule has 112 valence electrons. The van der Waals surface area contributed by atoms with Crippen LogP contribution in [-0.2, 0) is 12.8 Å². The maximum absolute atomic E-state index is 4.33. The third-order valence-corrected chi connectivity index (χ3v) is 4.72. The quantitative estimate of drug-likeness (QED) is 0.670. The van der Waals surface area contributed by atoms with Gasteiger partial charge < -0.3 is 4.57 Å². The Morgan fingerprint density at radius 1 is 0.864 bits per heavy atom. The van der Waals surface area contributed by atoms with Crippen molar-refractivity contribution >= 4 is 11.8 Å². The Labute approximate surface area is 135 Å². The lowest BCUT2D eigenvalue weighted by Gasteiger charge is -2.05. The van der Waals surface area contributed by atoms with Crippen molar-refractivity contribution in [2.24, 2.45) is 7.05 Å². The fourth-order valence-corrected chi connectivity index (χ4v) is 3.09. The fourth-order valence-electron chi connectivity index (χ4n) is 2.23. The highest BCUT2D eigenvalue weighted by molar-refractivity contribution is 7.98. The van der Waals surface area contributed by atoms with Gasteiger partial charge in [-0.25, -0.2) is 0 Å². The summed E-state index contributed by atoms with van der Waals surface area (Å²) in [5.74, 6) is 1.81. The number of hydrogen-bond acceptors (Lipinski definition) is 3. The zero-order valence-corrected chi connectivity index (χ0v) is 13.9. The van der Waals surface area contributed by atoms with Crippen molar-refractivity contribution in [3.05, 3.63) is 65.2 Å². The molecule has 0 N–H and O–H groups in total. The average Bonchev–Trinajstić information content (AvgIpc) is 2.89. The molecule has 3 aromatic rings. The van der Waals surface area contributed by atoms with Crippen molar-refractivity contribution < 1.29 is 0 Å². The number of hydrogen-bond donors (Lipinski definition) is 0. The predicted molar refractivity (Wildman–Crippen MR) is 91.9 cm³/mol. The highest BCUT2D eigenvalue weighted by atomic mass is 32.2. The molecular formula is C18H19N3S. The molecule has 0 atom stereocenters. The first-order valence-electron chi connectivity index (χ1n) is 7.28. The lowest BCUT2D eigenvalue weighted by Crippen LogP contribution is -1.95. The van der Waals surface area contributed by atoms with Crippen molar-refractivity contribution in [2.45, 2.75) is 24.8 Å². The van der Waals surface area contributed by atoms with E-state index in [4.69, 9.17) is 0 Å². The normalized spacial score (nSPS) is 10.9. The molecule has 4 heteroatoms. The zero-order chi connectivity index (χ0) is 15.5. The van der Waals surface area contributed by atoms with E-state index in [9.17, 15) is 0 Å². The third kappa shape index (κ3) is 3.22. The second kappa shape index (κ2) is 6.36. The van der Waals surface area contributed by atoms with Crippen molar-refractivity contribution in [3.63, 3.8) is 0 Å². The molecule has 0 aliphatic heterocycles. The van der Waals surface area contributed by atoms with E-state index in [0.717, 1.165) is 22.3 Å². The zero-order valence-electron chi connectivity index (χ0n) is 13.1. The average molecular weight is 309 g/mol. The van der Waals surface area contributed by atoms with Crippen molar-refractivity contribution in [1.82, 2.24) is 14.8 Å². The summed E-state index contributed by atoms with van der Waals surface area (Å²) in [6, 6.07) is 17.0. The monoisotopic (exact) mass is 309 g/mol. The molecule has 0 aliphatic rings. The Hall–Kier alpha value is -2.07. The largest absolute Gasteiger partial charge is 0.305 e. The maximum Gasteiger partial charge on any atom is 0.191 e. The van der Waals surface area contributed by atoms with E-state index in [-0.39, 0.29) is 0 Å². The lowest BCUT2D eigenvalue weighted by atomic mass is 10.1. The molecule has 3 rings (SSSR count). The van der Waals surface area contributed by atoms with Crippen molar-refractivity contribution in [3.8, 4) is 11.4 Å². The van der Waals surface area contributed by atoms with Crippen LogP contribution in [0.3, 0.4) is 0 Å². The highest BCUT2D eigenvalue weighted by Gasteiger charge is 2.11. The van der Waals surface area contributed by atoms with Crippen molar-refractivity contribution in [1.29, 1.82) is 0 Å². The summed E-state index contributed by atoms with van der Waals surface area (Å²) in [5, 5.41) is 9.60. The van der Waals surface area contributed by atoms with Crippen LogP contribution >= 0.6 is 11.8 Å². The van der Waals surface area contributed by atoms with Gasteiger partial charge in [-0.3, -0.25) is 0 Å². The molecule has 0 aliphatic carbocycles. The van der Waals surface area contributed by atoms with Gasteiger partial charge in [-0.15, -0.1) is 10.2 Å². The van der Waals surface area contributed by atoms with Gasteiger partial charge in [0.2, 0.25) is 0 Å². The van der Waals surface area contributed by atoms with Crippen LogP contribution in [0.5, 0.6) is 0 Å². The second-order valence-electron chi connectivity index (χ2n) is 5.51. The Kier molecular flexibility index (Phi) is 4.29. The van der Waals surface area contributed by atoms with Crippen LogP contribution in [0.25, 0.3) is 11.4 Å². The van der Waals surface area contributed by atoms with Gasteiger partial charge in [-0.2, -0.15) is 0 Å². The summed E-state index contributed by atoms with van der Waals surface area (Å²) in [6.07, 6.45) is 0. The Bertz CT molecular complexity index is 758. The minimum atomic E-state index is 0.903. The maximum atomic E-state index is 4.33. The molecule has 3 nitrogen and oxygen atoms in total. The molecule has 1 aromatic heterocycles. The number of thioether (sulfide) groups is 1. The molecule has 0 saturated carbocycles. The van der Waals surface area contributed by atoms with Gasteiger partial charge in [0.15, 0.2) is 11.0 Å². The topological polar surface area (TPSA) is 30.7 Å². The van der Waals surface area contributed by atoms with Gasteiger partial charge >= 0.3 is 0 Å². The van der Waals surface area contributed by atoms with Crippen LogP contribution in [0.4, 0.5) is 0 Å². The molecular weight excluding hydrogens is 290 g/mol. The standard InChI is InChI=1S/C18H19N3S/c1-13-4-8-15(9-5-13)12-22-18-20-19-17(21(18)3)16-10-6-14(2)7-11-16/h4-11H,12H2,1-3H3. The highest BCUT2D eigenvalue weighted by Crippen LogP contribution is 2.25. The number of benzene rings is 2. The van der Waals surface area contributed by atoms with E-state index in [1.807, 2.05) is 7.05 Å². The predicted octanol–water partition coefficient (Wildman–Crippen LogP) is 4.39. The number of rotatable bonds is 4. The Balaban J connectivity index is 1.75. The Morgan fingerprint density at radius 3 is 2.09 bits per heavy atom. The van der Waals surface area contributed by atoms with Crippen LogP contribution in [0.1, 0.15) is 16.7 Å². The molecule has 1 heterocycles. The van der Waals surface area contributed by atoms with Crippen LogP contribution < -0.4 is 0 Å². The smallest absolute Gasteiger partial charge is 0.191 e. The molecule has 0 bridgehead atoms. The summed E-state index contributed by atoms with van der Waals surface area (Å²) in [5.41, 5.74) is 4.94. The van der Waals surface area contributed by atoms with E-state index in [1.54, 1.807) is 11.8 Å². The van der Waals surface area contributed by atoms with E-state index < -0.39 is 0 Å². The summed E-state index contributed by atoms with van der Waals surface area (Å²) < 4.78 is 2.06. The van der Waals surface area contributed by atoms with E-state index in [2.05, 4.69) is 77.1 Å². The third-order valence-electron chi connectivity index (χ3n) is 3.63. The molecule has 0 spiro atoms. The van der Waals surface area contributed by atoms with Crippen LogP contribution in [0, 0.1) is 13.8 Å². The minimum Gasteiger partial charge on any atom is -0.305 e. The van der Waals surface area contributed by atoms with Gasteiger partial charge in [-0.05, 0) is 19.4 Å². The molecule has 0 saturated heterocycles. The minimum absolute atomic E-state index is 0.903. The molecule has 0 amide bonds. The second-order valence-corrected chi connectivity index (χ2v) is 6.45. The van der Waals surface area contributed by atoms with Gasteiger partial charge in [0.1, 0.15) is 0 Å². The molecule has 2 aromatic carbocycles. The van der Waals surface area contributed by atoms with E-state index >= 15 is 0 Å². The Morgan fingerprint density at radius 2 is 1.45 bits per heavy atom. The number of nitrogens with zero attached hydrogens (tertiary/aromatic N) is 3. The summed E-state index contributed by atoms with van der Waals surface area (Å²) in [7, 11) is 2.02. The molecule has 22 heavy (non-hydrogen) atoms. The SMILES string of the molecule is Cc1ccc(CSc2nnc(-c3ccc(C)cc3)n2C)cc1. The molecule has 0 unspecified atom stereocenters. The fraction of sp³-hybridized carbons (Fsp3) is 0.222. The number of aromatic nitrogens is 3. The van der Waals surface area contributed by atoms with Crippen molar-refractivity contribution in [2.75, 3.05) is 0 Å². The van der Waals surface area contributed by atoms with Crippen LogP contribution in [-0.4, -0.2) is 14.8 Å². The van der Waals surface area contributed by atoms with Crippen LogP contribution in [0.2, 0.25) is 0 Å².